The number of carbonyl (C=O) groups excluding carboxylic acids is 1. The molecule has 1 aliphatic heterocycles. The van der Waals surface area contributed by atoms with Gasteiger partial charge in [0.05, 0.1) is 5.56 Å². The van der Waals surface area contributed by atoms with E-state index in [0.717, 1.165) is 18.9 Å². The van der Waals surface area contributed by atoms with Gasteiger partial charge in [-0.1, -0.05) is 12.8 Å². The van der Waals surface area contributed by atoms with Crippen LogP contribution in [-0.4, -0.2) is 29.0 Å². The second-order valence-corrected chi connectivity index (χ2v) is 5.99. The number of amides is 1. The van der Waals surface area contributed by atoms with Crippen LogP contribution in [0.1, 0.15) is 36.0 Å². The third-order valence-electron chi connectivity index (χ3n) is 3.59. The Morgan fingerprint density at radius 1 is 1.14 bits per heavy atom. The van der Waals surface area contributed by atoms with E-state index in [9.17, 15) is 4.79 Å². The fraction of sp³-hybridized carbons (Fsp3) is 0.400. The van der Waals surface area contributed by atoms with Gasteiger partial charge in [0.15, 0.2) is 5.13 Å². The van der Waals surface area contributed by atoms with E-state index >= 15 is 0 Å². The number of anilines is 2. The van der Waals surface area contributed by atoms with Crippen LogP contribution in [0.15, 0.2) is 29.9 Å². The summed E-state index contributed by atoms with van der Waals surface area (Å²) in [5, 5.41) is 5.20. The fourth-order valence-electron chi connectivity index (χ4n) is 2.46. The van der Waals surface area contributed by atoms with Crippen molar-refractivity contribution >= 4 is 28.2 Å². The molecule has 0 spiro atoms. The summed E-state index contributed by atoms with van der Waals surface area (Å²) in [7, 11) is 0. The molecule has 0 radical (unpaired) electrons. The zero-order valence-electron chi connectivity index (χ0n) is 11.8. The largest absolute Gasteiger partial charge is 0.357 e. The lowest BCUT2D eigenvalue weighted by atomic mass is 10.2. The van der Waals surface area contributed by atoms with Crippen molar-refractivity contribution in [3.63, 3.8) is 0 Å². The monoisotopic (exact) mass is 302 g/mol. The molecule has 3 heterocycles. The molecular formula is C15H18N4OS. The lowest BCUT2D eigenvalue weighted by molar-refractivity contribution is 0.102. The number of hydrogen-bond donors (Lipinski definition) is 1. The average Bonchev–Trinajstić information content (AvgIpc) is 2.87. The van der Waals surface area contributed by atoms with Crippen LogP contribution in [0.5, 0.6) is 0 Å². The third-order valence-corrected chi connectivity index (χ3v) is 4.28. The number of nitrogens with one attached hydrogen (secondary N) is 1. The van der Waals surface area contributed by atoms with E-state index in [4.69, 9.17) is 0 Å². The zero-order chi connectivity index (χ0) is 14.5. The van der Waals surface area contributed by atoms with Crippen LogP contribution < -0.4 is 10.2 Å². The van der Waals surface area contributed by atoms with E-state index in [1.807, 2.05) is 17.5 Å². The van der Waals surface area contributed by atoms with Gasteiger partial charge in [0.25, 0.3) is 5.91 Å². The molecule has 3 rings (SSSR count). The summed E-state index contributed by atoms with van der Waals surface area (Å²) in [6, 6.07) is 3.76. The fourth-order valence-corrected chi connectivity index (χ4v) is 2.99. The van der Waals surface area contributed by atoms with Gasteiger partial charge < -0.3 is 4.90 Å². The van der Waals surface area contributed by atoms with Gasteiger partial charge in [-0.3, -0.25) is 10.1 Å². The summed E-state index contributed by atoms with van der Waals surface area (Å²) in [4.78, 5) is 22.8. The second-order valence-electron chi connectivity index (χ2n) is 5.10. The highest BCUT2D eigenvalue weighted by molar-refractivity contribution is 7.13. The Morgan fingerprint density at radius 2 is 1.95 bits per heavy atom. The first-order valence-electron chi connectivity index (χ1n) is 7.25. The molecule has 0 atom stereocenters. The van der Waals surface area contributed by atoms with Crippen LogP contribution in [-0.2, 0) is 0 Å². The minimum Gasteiger partial charge on any atom is -0.357 e. The minimum absolute atomic E-state index is 0.167. The molecule has 1 saturated heterocycles. The Bertz CT molecular complexity index is 574. The Balaban J connectivity index is 1.67. The highest BCUT2D eigenvalue weighted by Gasteiger charge is 2.13. The molecule has 5 nitrogen and oxygen atoms in total. The van der Waals surface area contributed by atoms with Crippen molar-refractivity contribution in [3.8, 4) is 0 Å². The molecule has 0 aromatic carbocycles. The van der Waals surface area contributed by atoms with Crippen LogP contribution in [0.3, 0.4) is 0 Å². The average molecular weight is 302 g/mol. The lowest BCUT2D eigenvalue weighted by Gasteiger charge is -2.21. The molecule has 0 bridgehead atoms. The normalized spacial score (nSPS) is 15.5. The first-order valence-corrected chi connectivity index (χ1v) is 8.13. The van der Waals surface area contributed by atoms with Crippen molar-refractivity contribution in [2.24, 2.45) is 0 Å². The highest BCUT2D eigenvalue weighted by Crippen LogP contribution is 2.18. The molecule has 0 aliphatic carbocycles. The van der Waals surface area contributed by atoms with Crippen LogP contribution in [0.2, 0.25) is 0 Å². The Morgan fingerprint density at radius 3 is 2.57 bits per heavy atom. The van der Waals surface area contributed by atoms with Crippen LogP contribution in [0.4, 0.5) is 10.9 Å². The highest BCUT2D eigenvalue weighted by atomic mass is 32.1. The van der Waals surface area contributed by atoms with Gasteiger partial charge in [0.1, 0.15) is 5.82 Å². The molecule has 1 amide bonds. The van der Waals surface area contributed by atoms with E-state index in [1.165, 1.54) is 37.0 Å². The summed E-state index contributed by atoms with van der Waals surface area (Å²) in [5.41, 5.74) is 0.559. The maximum Gasteiger partial charge on any atom is 0.259 e. The number of carbonyl (C=O) groups is 1. The van der Waals surface area contributed by atoms with Crippen LogP contribution >= 0.6 is 11.3 Å². The standard InChI is InChI=1S/C15H18N4OS/c20-14(18-15-16-7-10-21-15)12-5-6-13(17-11-12)19-8-3-1-2-4-9-19/h5-7,10-11H,1-4,8-9H2,(H,16,18,20). The number of thiazole rings is 1. The molecule has 110 valence electrons. The van der Waals surface area contributed by atoms with E-state index in [1.54, 1.807) is 12.4 Å². The Hall–Kier alpha value is -1.95. The van der Waals surface area contributed by atoms with Gasteiger partial charge >= 0.3 is 0 Å². The number of rotatable bonds is 3. The first kappa shape index (κ1) is 14.0. The van der Waals surface area contributed by atoms with Crippen molar-refractivity contribution in [2.45, 2.75) is 25.7 Å². The van der Waals surface area contributed by atoms with Gasteiger partial charge in [-0.25, -0.2) is 9.97 Å². The number of pyridine rings is 1. The van der Waals surface area contributed by atoms with Crippen molar-refractivity contribution in [3.05, 3.63) is 35.5 Å². The summed E-state index contributed by atoms with van der Waals surface area (Å²) in [5.74, 6) is 0.794. The zero-order valence-corrected chi connectivity index (χ0v) is 12.6. The summed E-state index contributed by atoms with van der Waals surface area (Å²) >= 11 is 1.40. The second kappa shape index (κ2) is 6.67. The molecule has 21 heavy (non-hydrogen) atoms. The molecular weight excluding hydrogens is 284 g/mol. The maximum atomic E-state index is 12.1. The first-order chi connectivity index (χ1) is 10.3. The van der Waals surface area contributed by atoms with Crippen LogP contribution in [0.25, 0.3) is 0 Å². The van der Waals surface area contributed by atoms with Gasteiger partial charge in [0, 0.05) is 30.9 Å². The molecule has 1 aliphatic rings. The van der Waals surface area contributed by atoms with Crippen molar-refractivity contribution in [2.75, 3.05) is 23.3 Å². The molecule has 2 aromatic heterocycles. The lowest BCUT2D eigenvalue weighted by Crippen LogP contribution is -2.25. The SMILES string of the molecule is O=C(Nc1nccs1)c1ccc(N2CCCCCC2)nc1. The maximum absolute atomic E-state index is 12.1. The van der Waals surface area contributed by atoms with E-state index in [2.05, 4.69) is 20.2 Å². The predicted molar refractivity (Wildman–Crippen MR) is 85.0 cm³/mol. The summed E-state index contributed by atoms with van der Waals surface area (Å²) in [6.07, 6.45) is 8.33. The van der Waals surface area contributed by atoms with Gasteiger partial charge in [0.2, 0.25) is 0 Å². The molecule has 1 fully saturated rings. The van der Waals surface area contributed by atoms with E-state index < -0.39 is 0 Å². The van der Waals surface area contributed by atoms with E-state index in [-0.39, 0.29) is 5.91 Å². The van der Waals surface area contributed by atoms with Gasteiger partial charge in [-0.15, -0.1) is 11.3 Å². The smallest absolute Gasteiger partial charge is 0.259 e. The van der Waals surface area contributed by atoms with Crippen molar-refractivity contribution in [1.29, 1.82) is 0 Å². The molecule has 0 unspecified atom stereocenters. The molecule has 0 saturated carbocycles. The molecule has 1 N–H and O–H groups in total. The van der Waals surface area contributed by atoms with Crippen LogP contribution in [0, 0.1) is 0 Å². The van der Waals surface area contributed by atoms with Gasteiger partial charge in [-0.05, 0) is 25.0 Å². The van der Waals surface area contributed by atoms with Crippen molar-refractivity contribution in [1.82, 2.24) is 9.97 Å². The minimum atomic E-state index is -0.167. The predicted octanol–water partition coefficient (Wildman–Crippen LogP) is 3.17. The molecule has 6 heteroatoms. The quantitative estimate of drug-likeness (QED) is 0.946. The Kier molecular flexibility index (Phi) is 4.45. The summed E-state index contributed by atoms with van der Waals surface area (Å²) < 4.78 is 0. The van der Waals surface area contributed by atoms with E-state index in [0.29, 0.717) is 10.7 Å². The Labute approximate surface area is 128 Å². The topological polar surface area (TPSA) is 58.1 Å². The number of aromatic nitrogens is 2. The number of hydrogen-bond acceptors (Lipinski definition) is 5. The summed E-state index contributed by atoms with van der Waals surface area (Å²) in [6.45, 7) is 2.11. The van der Waals surface area contributed by atoms with Crippen molar-refractivity contribution < 1.29 is 4.79 Å². The molecule has 2 aromatic rings. The third kappa shape index (κ3) is 3.58. The van der Waals surface area contributed by atoms with Gasteiger partial charge in [-0.2, -0.15) is 0 Å². The number of nitrogens with zero attached hydrogens (tertiary/aromatic N) is 3.